The van der Waals surface area contributed by atoms with Gasteiger partial charge in [0.2, 0.25) is 0 Å². The number of unbranched alkanes of at least 4 members (excludes halogenated alkanes) is 5. The molecule has 1 atom stereocenters. The van der Waals surface area contributed by atoms with Gasteiger partial charge in [-0.2, -0.15) is 0 Å². The van der Waals surface area contributed by atoms with E-state index in [1.807, 2.05) is 12.1 Å². The maximum absolute atomic E-state index is 6.43. The Labute approximate surface area is 124 Å². The first kappa shape index (κ1) is 17.0. The van der Waals surface area contributed by atoms with Crippen LogP contribution >= 0.6 is 0 Å². The summed E-state index contributed by atoms with van der Waals surface area (Å²) in [6.45, 7) is 4.43. The second-order valence-corrected chi connectivity index (χ2v) is 6.20. The number of methoxy groups -OCH3 is 1. The number of hydrogen-bond acceptors (Lipinski definition) is 2. The molecule has 0 saturated heterocycles. The Morgan fingerprint density at radius 3 is 2.20 bits per heavy atom. The zero-order valence-corrected chi connectivity index (χ0v) is 13.5. The first-order chi connectivity index (χ1) is 9.57. The van der Waals surface area contributed by atoms with E-state index < -0.39 is 0 Å². The van der Waals surface area contributed by atoms with E-state index in [1.165, 1.54) is 44.1 Å². The van der Waals surface area contributed by atoms with E-state index in [0.717, 1.165) is 18.6 Å². The molecule has 0 aliphatic heterocycles. The highest BCUT2D eigenvalue weighted by molar-refractivity contribution is 5.28. The minimum Gasteiger partial charge on any atom is -0.497 e. The predicted octanol–water partition coefficient (Wildman–Crippen LogP) is 4.71. The van der Waals surface area contributed by atoms with E-state index in [9.17, 15) is 0 Å². The van der Waals surface area contributed by atoms with Gasteiger partial charge in [-0.05, 0) is 37.5 Å². The van der Waals surface area contributed by atoms with Crippen LogP contribution in [0.5, 0.6) is 5.75 Å². The molecular weight excluding hydrogens is 246 g/mol. The topological polar surface area (TPSA) is 35.2 Å². The Morgan fingerprint density at radius 2 is 1.60 bits per heavy atom. The van der Waals surface area contributed by atoms with Crippen LogP contribution in [0.25, 0.3) is 0 Å². The van der Waals surface area contributed by atoms with Crippen molar-refractivity contribution in [2.75, 3.05) is 7.11 Å². The summed E-state index contributed by atoms with van der Waals surface area (Å²) in [6, 6.07) is 8.25. The summed E-state index contributed by atoms with van der Waals surface area (Å²) in [5, 5.41) is 0. The van der Waals surface area contributed by atoms with Crippen molar-refractivity contribution in [1.29, 1.82) is 0 Å². The zero-order valence-electron chi connectivity index (χ0n) is 13.5. The standard InChI is InChI=1S/C18H31NO/c1-4-5-6-7-8-9-14-18(2,19)15-16-10-12-17(20-3)13-11-16/h10-13H,4-9,14-15,19H2,1-3H3. The summed E-state index contributed by atoms with van der Waals surface area (Å²) < 4.78 is 5.18. The highest BCUT2D eigenvalue weighted by Crippen LogP contribution is 2.20. The average molecular weight is 277 g/mol. The van der Waals surface area contributed by atoms with Crippen molar-refractivity contribution in [3.8, 4) is 5.75 Å². The van der Waals surface area contributed by atoms with Crippen molar-refractivity contribution in [2.45, 2.75) is 70.8 Å². The summed E-state index contributed by atoms with van der Waals surface area (Å²) in [5.41, 5.74) is 7.62. The molecule has 0 amide bonds. The van der Waals surface area contributed by atoms with Crippen molar-refractivity contribution >= 4 is 0 Å². The van der Waals surface area contributed by atoms with Gasteiger partial charge in [-0.25, -0.2) is 0 Å². The van der Waals surface area contributed by atoms with E-state index in [0.29, 0.717) is 0 Å². The fourth-order valence-electron chi connectivity index (χ4n) is 2.61. The van der Waals surface area contributed by atoms with Crippen LogP contribution in [0.15, 0.2) is 24.3 Å². The molecule has 0 aliphatic rings. The fraction of sp³-hybridized carbons (Fsp3) is 0.667. The third kappa shape index (κ3) is 6.95. The second-order valence-electron chi connectivity index (χ2n) is 6.20. The quantitative estimate of drug-likeness (QED) is 0.629. The maximum atomic E-state index is 6.43. The summed E-state index contributed by atoms with van der Waals surface area (Å²) in [6.07, 6.45) is 10.00. The molecule has 0 heterocycles. The molecular formula is C18H31NO. The highest BCUT2D eigenvalue weighted by Gasteiger charge is 2.18. The summed E-state index contributed by atoms with van der Waals surface area (Å²) in [7, 11) is 1.70. The van der Waals surface area contributed by atoms with Crippen LogP contribution < -0.4 is 10.5 Å². The van der Waals surface area contributed by atoms with E-state index in [4.69, 9.17) is 10.5 Å². The molecule has 1 rings (SSSR count). The molecule has 2 heteroatoms. The van der Waals surface area contributed by atoms with Gasteiger partial charge in [0.25, 0.3) is 0 Å². The van der Waals surface area contributed by atoms with Crippen LogP contribution in [-0.4, -0.2) is 12.6 Å². The maximum Gasteiger partial charge on any atom is 0.118 e. The minimum absolute atomic E-state index is 0.0979. The van der Waals surface area contributed by atoms with Crippen molar-refractivity contribution in [3.63, 3.8) is 0 Å². The van der Waals surface area contributed by atoms with E-state index in [-0.39, 0.29) is 5.54 Å². The minimum atomic E-state index is -0.0979. The molecule has 1 aromatic rings. The third-order valence-corrected chi connectivity index (χ3v) is 3.87. The van der Waals surface area contributed by atoms with Gasteiger partial charge in [0.05, 0.1) is 7.11 Å². The average Bonchev–Trinajstić information content (AvgIpc) is 2.43. The number of nitrogens with two attached hydrogens (primary N) is 1. The molecule has 0 fully saturated rings. The molecule has 0 aromatic heterocycles. The Morgan fingerprint density at radius 1 is 1.00 bits per heavy atom. The van der Waals surface area contributed by atoms with Crippen LogP contribution in [-0.2, 0) is 6.42 Å². The first-order valence-corrected chi connectivity index (χ1v) is 7.99. The summed E-state index contributed by atoms with van der Waals surface area (Å²) in [4.78, 5) is 0. The van der Waals surface area contributed by atoms with Crippen molar-refractivity contribution in [3.05, 3.63) is 29.8 Å². The fourth-order valence-corrected chi connectivity index (χ4v) is 2.61. The lowest BCUT2D eigenvalue weighted by atomic mass is 9.88. The molecule has 1 unspecified atom stereocenters. The van der Waals surface area contributed by atoms with Gasteiger partial charge in [0.15, 0.2) is 0 Å². The molecule has 0 radical (unpaired) electrons. The Bertz CT molecular complexity index is 356. The number of rotatable bonds is 10. The van der Waals surface area contributed by atoms with Gasteiger partial charge in [-0.1, -0.05) is 57.6 Å². The molecule has 1 aromatic carbocycles. The molecule has 0 bridgehead atoms. The molecule has 2 nitrogen and oxygen atoms in total. The lowest BCUT2D eigenvalue weighted by Crippen LogP contribution is -2.38. The van der Waals surface area contributed by atoms with Crippen LogP contribution in [0.2, 0.25) is 0 Å². The van der Waals surface area contributed by atoms with Gasteiger partial charge in [0.1, 0.15) is 5.75 Å². The Kier molecular flexibility index (Phi) is 7.68. The lowest BCUT2D eigenvalue weighted by Gasteiger charge is -2.25. The monoisotopic (exact) mass is 277 g/mol. The molecule has 2 N–H and O–H groups in total. The van der Waals surface area contributed by atoms with Crippen LogP contribution in [0.3, 0.4) is 0 Å². The van der Waals surface area contributed by atoms with Crippen LogP contribution in [0.1, 0.15) is 64.4 Å². The number of hydrogen-bond donors (Lipinski definition) is 1. The second kappa shape index (κ2) is 9.02. The molecule has 20 heavy (non-hydrogen) atoms. The van der Waals surface area contributed by atoms with Crippen LogP contribution in [0, 0.1) is 0 Å². The Balaban J connectivity index is 2.28. The zero-order chi connectivity index (χ0) is 14.8. The van der Waals surface area contributed by atoms with Gasteiger partial charge in [0, 0.05) is 5.54 Å². The molecule has 0 aliphatic carbocycles. The summed E-state index contributed by atoms with van der Waals surface area (Å²) >= 11 is 0. The lowest BCUT2D eigenvalue weighted by molar-refractivity contribution is 0.402. The van der Waals surface area contributed by atoms with E-state index in [2.05, 4.69) is 26.0 Å². The van der Waals surface area contributed by atoms with E-state index >= 15 is 0 Å². The first-order valence-electron chi connectivity index (χ1n) is 7.99. The highest BCUT2D eigenvalue weighted by atomic mass is 16.5. The van der Waals surface area contributed by atoms with Gasteiger partial charge in [-0.3, -0.25) is 0 Å². The normalized spacial score (nSPS) is 14.0. The van der Waals surface area contributed by atoms with Gasteiger partial charge >= 0.3 is 0 Å². The van der Waals surface area contributed by atoms with Crippen molar-refractivity contribution < 1.29 is 4.74 Å². The predicted molar refractivity (Wildman–Crippen MR) is 87.3 cm³/mol. The van der Waals surface area contributed by atoms with Gasteiger partial charge < -0.3 is 10.5 Å². The van der Waals surface area contributed by atoms with Crippen molar-refractivity contribution in [2.24, 2.45) is 5.73 Å². The smallest absolute Gasteiger partial charge is 0.118 e. The van der Waals surface area contributed by atoms with Crippen LogP contribution in [0.4, 0.5) is 0 Å². The molecule has 0 spiro atoms. The molecule has 0 saturated carbocycles. The van der Waals surface area contributed by atoms with E-state index in [1.54, 1.807) is 7.11 Å². The number of benzene rings is 1. The van der Waals surface area contributed by atoms with Gasteiger partial charge in [-0.15, -0.1) is 0 Å². The summed E-state index contributed by atoms with van der Waals surface area (Å²) in [5.74, 6) is 0.906. The SMILES string of the molecule is CCCCCCCCC(C)(N)Cc1ccc(OC)cc1. The Hall–Kier alpha value is -1.02. The van der Waals surface area contributed by atoms with Crippen molar-refractivity contribution in [1.82, 2.24) is 0 Å². The number of ether oxygens (including phenoxy) is 1. The molecule has 114 valence electrons. The third-order valence-electron chi connectivity index (χ3n) is 3.87. The largest absolute Gasteiger partial charge is 0.497 e.